The molecule has 1 aromatic carbocycles. The summed E-state index contributed by atoms with van der Waals surface area (Å²) in [5, 5.41) is 11.1. The van der Waals surface area contributed by atoms with Gasteiger partial charge in [-0.15, -0.1) is 0 Å². The van der Waals surface area contributed by atoms with Crippen LogP contribution in [0.15, 0.2) is 18.2 Å². The third-order valence-electron chi connectivity index (χ3n) is 3.59. The third kappa shape index (κ3) is 3.52. The van der Waals surface area contributed by atoms with Gasteiger partial charge < -0.3 is 11.1 Å². The van der Waals surface area contributed by atoms with Gasteiger partial charge in [-0.05, 0) is 37.5 Å². The van der Waals surface area contributed by atoms with Gasteiger partial charge in [0.25, 0.3) is 0 Å². The van der Waals surface area contributed by atoms with E-state index in [4.69, 9.17) is 11.0 Å². The first-order valence-electron chi connectivity index (χ1n) is 6.44. The summed E-state index contributed by atoms with van der Waals surface area (Å²) in [6.07, 6.45) is -2.13. The molecular weight excluding hydrogens is 283 g/mol. The molecule has 1 saturated carbocycles. The predicted octanol–water partition coefficient (Wildman–Crippen LogP) is 2.79. The third-order valence-corrected chi connectivity index (χ3v) is 3.59. The molecule has 0 heterocycles. The number of hydrogen-bond acceptors (Lipinski definition) is 3. The molecule has 2 rings (SSSR count). The second-order valence-electron chi connectivity index (χ2n) is 5.31. The van der Waals surface area contributed by atoms with E-state index >= 15 is 0 Å². The van der Waals surface area contributed by atoms with Crippen molar-refractivity contribution < 1.29 is 18.0 Å². The minimum atomic E-state index is -4.64. The molecule has 1 fully saturated rings. The minimum absolute atomic E-state index is 0.00856. The molecule has 0 spiro atoms. The van der Waals surface area contributed by atoms with Gasteiger partial charge >= 0.3 is 6.18 Å². The average molecular weight is 297 g/mol. The lowest BCUT2D eigenvalue weighted by molar-refractivity contribution is -0.137. The summed E-state index contributed by atoms with van der Waals surface area (Å²) >= 11 is 0. The van der Waals surface area contributed by atoms with Gasteiger partial charge in [0.05, 0.1) is 17.2 Å². The molecule has 7 heteroatoms. The van der Waals surface area contributed by atoms with E-state index in [-0.39, 0.29) is 12.1 Å². The maximum Gasteiger partial charge on any atom is 0.417 e. The lowest BCUT2D eigenvalue weighted by Crippen LogP contribution is -2.48. The number of anilines is 1. The van der Waals surface area contributed by atoms with Crippen LogP contribution in [0.3, 0.4) is 0 Å². The van der Waals surface area contributed by atoms with Gasteiger partial charge in [-0.25, -0.2) is 0 Å². The van der Waals surface area contributed by atoms with Crippen molar-refractivity contribution in [3.05, 3.63) is 29.3 Å². The Morgan fingerprint density at radius 2 is 2.10 bits per heavy atom. The lowest BCUT2D eigenvalue weighted by Gasteiger charge is -2.37. The van der Waals surface area contributed by atoms with Gasteiger partial charge in [0.2, 0.25) is 5.91 Å². The Balaban J connectivity index is 2.14. The zero-order valence-electron chi connectivity index (χ0n) is 11.1. The molecule has 1 aromatic rings. The average Bonchev–Trinajstić information content (AvgIpc) is 2.35. The molecule has 1 aliphatic carbocycles. The van der Waals surface area contributed by atoms with Crippen molar-refractivity contribution in [2.24, 2.45) is 5.73 Å². The number of rotatable bonds is 3. The van der Waals surface area contributed by atoms with Crippen LogP contribution in [0, 0.1) is 11.3 Å². The highest BCUT2D eigenvalue weighted by Crippen LogP contribution is 2.34. The van der Waals surface area contributed by atoms with Crippen LogP contribution < -0.4 is 11.1 Å². The zero-order chi connectivity index (χ0) is 15.7. The van der Waals surface area contributed by atoms with Gasteiger partial charge in [0.15, 0.2) is 0 Å². The first-order chi connectivity index (χ1) is 9.73. The molecule has 1 amide bonds. The number of carbonyl (C=O) groups is 1. The van der Waals surface area contributed by atoms with Crippen LogP contribution in [0.4, 0.5) is 18.9 Å². The van der Waals surface area contributed by atoms with E-state index in [1.54, 1.807) is 0 Å². The van der Waals surface area contributed by atoms with Crippen molar-refractivity contribution in [3.8, 4) is 6.07 Å². The molecule has 0 aromatic heterocycles. The zero-order valence-corrected chi connectivity index (χ0v) is 11.1. The highest BCUT2D eigenvalue weighted by molar-refractivity contribution is 5.91. The van der Waals surface area contributed by atoms with Gasteiger partial charge in [-0.2, -0.15) is 18.4 Å². The summed E-state index contributed by atoms with van der Waals surface area (Å²) in [5.74, 6) is -0.421. The summed E-state index contributed by atoms with van der Waals surface area (Å²) in [4.78, 5) is 11.8. The first-order valence-corrected chi connectivity index (χ1v) is 6.44. The summed E-state index contributed by atoms with van der Waals surface area (Å²) in [7, 11) is 0. The van der Waals surface area contributed by atoms with Gasteiger partial charge in [-0.3, -0.25) is 4.79 Å². The van der Waals surface area contributed by atoms with Gasteiger partial charge in [0.1, 0.15) is 0 Å². The lowest BCUT2D eigenvalue weighted by atomic mass is 9.75. The smallest absolute Gasteiger partial charge is 0.326 e. The van der Waals surface area contributed by atoms with Crippen LogP contribution in [-0.2, 0) is 11.0 Å². The number of alkyl halides is 3. The van der Waals surface area contributed by atoms with E-state index in [1.165, 1.54) is 12.1 Å². The number of nitrogens with two attached hydrogens (primary N) is 1. The standard InChI is InChI=1S/C14H14F3N3O/c15-14(16,17)11-6-10(3-2-9(11)8-18)20-12(21)7-13(19)4-1-5-13/h2-3,6H,1,4-5,7,19H2,(H,20,21). The molecule has 0 atom stereocenters. The topological polar surface area (TPSA) is 78.9 Å². The van der Waals surface area contributed by atoms with Crippen molar-refractivity contribution in [2.45, 2.75) is 37.4 Å². The van der Waals surface area contributed by atoms with Crippen LogP contribution in [-0.4, -0.2) is 11.4 Å². The highest BCUT2D eigenvalue weighted by Gasteiger charge is 2.36. The number of benzene rings is 1. The number of halogens is 3. The first kappa shape index (κ1) is 15.3. The van der Waals surface area contributed by atoms with Crippen molar-refractivity contribution in [1.29, 1.82) is 5.26 Å². The maximum absolute atomic E-state index is 12.8. The van der Waals surface area contributed by atoms with Crippen molar-refractivity contribution >= 4 is 11.6 Å². The molecule has 112 valence electrons. The van der Waals surface area contributed by atoms with Crippen molar-refractivity contribution in [3.63, 3.8) is 0 Å². The molecule has 0 radical (unpaired) electrons. The predicted molar refractivity (Wildman–Crippen MR) is 70.2 cm³/mol. The van der Waals surface area contributed by atoms with E-state index < -0.39 is 28.7 Å². The van der Waals surface area contributed by atoms with Crippen LogP contribution in [0.25, 0.3) is 0 Å². The second kappa shape index (κ2) is 5.37. The Kier molecular flexibility index (Phi) is 3.92. The normalized spacial score (nSPS) is 16.7. The molecule has 0 bridgehead atoms. The number of nitrogens with one attached hydrogen (secondary N) is 1. The molecule has 0 unspecified atom stereocenters. The van der Waals surface area contributed by atoms with E-state index in [2.05, 4.69) is 5.32 Å². The Bertz CT molecular complexity index is 600. The number of hydrogen-bond donors (Lipinski definition) is 2. The van der Waals surface area contributed by atoms with Crippen LogP contribution in [0.1, 0.15) is 36.8 Å². The fraction of sp³-hybridized carbons (Fsp3) is 0.429. The second-order valence-corrected chi connectivity index (χ2v) is 5.31. The van der Waals surface area contributed by atoms with Crippen LogP contribution >= 0.6 is 0 Å². The number of nitriles is 1. The van der Waals surface area contributed by atoms with E-state index in [9.17, 15) is 18.0 Å². The number of nitrogens with zero attached hydrogens (tertiary/aromatic N) is 1. The SMILES string of the molecule is N#Cc1ccc(NC(=O)CC2(N)CCC2)cc1C(F)(F)F. The Morgan fingerprint density at radius 1 is 1.43 bits per heavy atom. The Labute approximate surface area is 119 Å². The summed E-state index contributed by atoms with van der Waals surface area (Å²) < 4.78 is 38.4. The quantitative estimate of drug-likeness (QED) is 0.900. The molecule has 0 aliphatic heterocycles. The van der Waals surface area contributed by atoms with Crippen LogP contribution in [0.2, 0.25) is 0 Å². The Morgan fingerprint density at radius 3 is 2.57 bits per heavy atom. The van der Waals surface area contributed by atoms with Gasteiger partial charge in [0, 0.05) is 17.6 Å². The van der Waals surface area contributed by atoms with E-state index in [0.717, 1.165) is 31.4 Å². The Hall–Kier alpha value is -2.07. The largest absolute Gasteiger partial charge is 0.417 e. The summed E-state index contributed by atoms with van der Waals surface area (Å²) in [6, 6.07) is 4.57. The molecular formula is C14H14F3N3O. The highest BCUT2D eigenvalue weighted by atomic mass is 19.4. The van der Waals surface area contributed by atoms with Crippen molar-refractivity contribution in [1.82, 2.24) is 0 Å². The van der Waals surface area contributed by atoms with Crippen LogP contribution in [0.5, 0.6) is 0 Å². The molecule has 4 nitrogen and oxygen atoms in total. The van der Waals surface area contributed by atoms with Crippen molar-refractivity contribution in [2.75, 3.05) is 5.32 Å². The number of amides is 1. The molecule has 21 heavy (non-hydrogen) atoms. The molecule has 1 aliphatic rings. The maximum atomic E-state index is 12.8. The minimum Gasteiger partial charge on any atom is -0.326 e. The monoisotopic (exact) mass is 297 g/mol. The summed E-state index contributed by atoms with van der Waals surface area (Å²) in [6.45, 7) is 0. The van der Waals surface area contributed by atoms with E-state index in [0.29, 0.717) is 0 Å². The molecule has 0 saturated heterocycles. The molecule has 3 N–H and O–H groups in total. The fourth-order valence-electron chi connectivity index (χ4n) is 2.29. The fourth-order valence-corrected chi connectivity index (χ4v) is 2.29. The number of carbonyl (C=O) groups excluding carboxylic acids is 1. The summed E-state index contributed by atoms with van der Waals surface area (Å²) in [5.41, 5.74) is 3.85. The van der Waals surface area contributed by atoms with Gasteiger partial charge in [-0.1, -0.05) is 0 Å². The van der Waals surface area contributed by atoms with E-state index in [1.807, 2.05) is 0 Å².